The molecule has 1 aliphatic rings. The van der Waals surface area contributed by atoms with E-state index in [2.05, 4.69) is 15.5 Å². The van der Waals surface area contributed by atoms with Crippen LogP contribution in [0.1, 0.15) is 35.6 Å². The van der Waals surface area contributed by atoms with Crippen molar-refractivity contribution in [3.63, 3.8) is 0 Å². The number of carbonyl (C=O) groups excluding carboxylic acids is 1. The van der Waals surface area contributed by atoms with Crippen molar-refractivity contribution in [1.29, 1.82) is 0 Å². The average molecular weight is 513 g/mol. The van der Waals surface area contributed by atoms with Crippen LogP contribution in [0.25, 0.3) is 22.4 Å². The van der Waals surface area contributed by atoms with Crippen LogP contribution in [-0.2, 0) is 14.8 Å². The number of furan rings is 1. The van der Waals surface area contributed by atoms with Crippen LogP contribution in [0, 0.1) is 19.8 Å². The highest BCUT2D eigenvalue weighted by Crippen LogP contribution is 2.31. The van der Waals surface area contributed by atoms with E-state index in [0.717, 1.165) is 15.8 Å². The summed E-state index contributed by atoms with van der Waals surface area (Å²) in [6, 6.07) is 9.41. The van der Waals surface area contributed by atoms with E-state index >= 15 is 0 Å². The number of rotatable bonds is 6. The van der Waals surface area contributed by atoms with Crippen LogP contribution < -0.4 is 5.32 Å². The smallest absolute Gasteiger partial charge is 0.248 e. The lowest BCUT2D eigenvalue weighted by molar-refractivity contribution is -0.120. The van der Waals surface area contributed by atoms with Crippen LogP contribution in [0.2, 0.25) is 0 Å². The van der Waals surface area contributed by atoms with Crippen molar-refractivity contribution in [2.75, 3.05) is 18.4 Å². The molecule has 0 radical (unpaired) electrons. The Hall–Kier alpha value is -3.28. The number of carbonyl (C=O) groups is 1. The van der Waals surface area contributed by atoms with Crippen LogP contribution >= 0.6 is 11.3 Å². The molecule has 35 heavy (non-hydrogen) atoms. The number of amides is 1. The zero-order chi connectivity index (χ0) is 24.6. The van der Waals surface area contributed by atoms with Gasteiger partial charge in [-0.3, -0.25) is 4.79 Å². The van der Waals surface area contributed by atoms with E-state index in [4.69, 9.17) is 8.94 Å². The first kappa shape index (κ1) is 23.5. The second-order valence-corrected chi connectivity index (χ2v) is 11.3. The summed E-state index contributed by atoms with van der Waals surface area (Å²) >= 11 is 1.43. The highest BCUT2D eigenvalue weighted by molar-refractivity contribution is 7.89. The van der Waals surface area contributed by atoms with E-state index in [1.54, 1.807) is 25.1 Å². The van der Waals surface area contributed by atoms with Gasteiger partial charge in [-0.2, -0.15) is 4.31 Å². The molecule has 9 nitrogen and oxygen atoms in total. The van der Waals surface area contributed by atoms with Crippen LogP contribution in [0.5, 0.6) is 0 Å². The van der Waals surface area contributed by atoms with Gasteiger partial charge >= 0.3 is 0 Å². The van der Waals surface area contributed by atoms with E-state index in [0.29, 0.717) is 23.7 Å². The fourth-order valence-electron chi connectivity index (χ4n) is 4.18. The molecule has 4 heterocycles. The van der Waals surface area contributed by atoms with Crippen LogP contribution in [-0.4, -0.2) is 41.9 Å². The SMILES string of the molecule is Cc1noc(/C=C/c2ccco2)c1S(=O)(=O)N1CCC(C(=O)Nc2nc3c(C)cccc3s2)CC1. The second-order valence-electron chi connectivity index (χ2n) is 8.42. The molecule has 0 saturated carbocycles. The van der Waals surface area contributed by atoms with Crippen molar-refractivity contribution in [2.45, 2.75) is 31.6 Å². The molecule has 11 heteroatoms. The number of para-hydroxylation sites is 1. The first-order valence-electron chi connectivity index (χ1n) is 11.2. The Labute approximate surface area is 206 Å². The number of anilines is 1. The van der Waals surface area contributed by atoms with Gasteiger partial charge in [0.2, 0.25) is 15.9 Å². The Balaban J connectivity index is 1.26. The van der Waals surface area contributed by atoms with E-state index in [1.165, 1.54) is 28.0 Å². The van der Waals surface area contributed by atoms with E-state index in [-0.39, 0.29) is 41.3 Å². The number of benzene rings is 1. The molecule has 1 aromatic carbocycles. The van der Waals surface area contributed by atoms with Crippen molar-refractivity contribution < 1.29 is 22.2 Å². The van der Waals surface area contributed by atoms with Crippen molar-refractivity contribution in [3.8, 4) is 0 Å². The number of hydrogen-bond acceptors (Lipinski definition) is 8. The van der Waals surface area contributed by atoms with Crippen molar-refractivity contribution in [1.82, 2.24) is 14.4 Å². The van der Waals surface area contributed by atoms with Gasteiger partial charge < -0.3 is 14.3 Å². The van der Waals surface area contributed by atoms with Gasteiger partial charge in [0.25, 0.3) is 0 Å². The van der Waals surface area contributed by atoms with Crippen LogP contribution in [0.15, 0.2) is 50.4 Å². The predicted molar refractivity (Wildman–Crippen MR) is 133 cm³/mol. The Morgan fingerprint density at radius 1 is 1.17 bits per heavy atom. The number of nitrogens with zero attached hydrogens (tertiary/aromatic N) is 3. The first-order valence-corrected chi connectivity index (χ1v) is 13.4. The molecular formula is C24H24N4O5S2. The zero-order valence-electron chi connectivity index (χ0n) is 19.2. The van der Waals surface area contributed by atoms with Crippen LogP contribution in [0.3, 0.4) is 0 Å². The van der Waals surface area contributed by atoms with Gasteiger partial charge in [0, 0.05) is 19.0 Å². The van der Waals surface area contributed by atoms with E-state index < -0.39 is 10.0 Å². The molecule has 0 unspecified atom stereocenters. The predicted octanol–water partition coefficient (Wildman–Crippen LogP) is 4.70. The summed E-state index contributed by atoms with van der Waals surface area (Å²) in [5.41, 5.74) is 2.23. The summed E-state index contributed by atoms with van der Waals surface area (Å²) < 4.78 is 39.8. The number of piperidine rings is 1. The molecule has 0 aliphatic carbocycles. The van der Waals surface area contributed by atoms with Gasteiger partial charge in [-0.15, -0.1) is 0 Å². The lowest BCUT2D eigenvalue weighted by Gasteiger charge is -2.30. The molecule has 0 bridgehead atoms. The zero-order valence-corrected chi connectivity index (χ0v) is 20.9. The van der Waals surface area contributed by atoms with Gasteiger partial charge in [-0.25, -0.2) is 13.4 Å². The number of sulfonamides is 1. The fraction of sp³-hybridized carbons (Fsp3) is 0.292. The molecule has 1 aliphatic heterocycles. The van der Waals surface area contributed by atoms with Crippen molar-refractivity contribution in [2.24, 2.45) is 5.92 Å². The second kappa shape index (κ2) is 9.40. The number of aryl methyl sites for hydroxylation is 2. The molecule has 4 aromatic rings. The molecule has 0 spiro atoms. The fourth-order valence-corrected chi connectivity index (χ4v) is 6.84. The summed E-state index contributed by atoms with van der Waals surface area (Å²) in [5, 5.41) is 7.33. The van der Waals surface area contributed by atoms with Crippen molar-refractivity contribution in [3.05, 3.63) is 59.4 Å². The minimum atomic E-state index is -3.85. The van der Waals surface area contributed by atoms with Gasteiger partial charge in [-0.05, 0) is 62.6 Å². The van der Waals surface area contributed by atoms with Gasteiger partial charge in [0.1, 0.15) is 11.5 Å². The van der Waals surface area contributed by atoms with Crippen molar-refractivity contribution >= 4 is 54.8 Å². The molecular weight excluding hydrogens is 488 g/mol. The average Bonchev–Trinajstić information content (AvgIpc) is 3.58. The van der Waals surface area contributed by atoms with Gasteiger partial charge in [0.05, 0.1) is 16.5 Å². The third-order valence-electron chi connectivity index (χ3n) is 6.05. The Morgan fingerprint density at radius 3 is 2.69 bits per heavy atom. The number of fused-ring (bicyclic) bond motifs is 1. The molecule has 5 rings (SSSR count). The molecule has 0 atom stereocenters. The lowest BCUT2D eigenvalue weighted by Crippen LogP contribution is -2.41. The monoisotopic (exact) mass is 512 g/mol. The summed E-state index contributed by atoms with van der Waals surface area (Å²) in [6.07, 6.45) is 5.51. The topological polar surface area (TPSA) is 119 Å². The molecule has 3 aromatic heterocycles. The van der Waals surface area contributed by atoms with Gasteiger partial charge in [-0.1, -0.05) is 28.6 Å². The Kier molecular flexibility index (Phi) is 6.30. The first-order chi connectivity index (χ1) is 16.8. The Morgan fingerprint density at radius 2 is 1.97 bits per heavy atom. The van der Waals surface area contributed by atoms with E-state index in [1.807, 2.05) is 25.1 Å². The molecule has 1 saturated heterocycles. The number of nitrogens with one attached hydrogen (secondary N) is 1. The Bertz CT molecular complexity index is 1490. The largest absolute Gasteiger partial charge is 0.465 e. The lowest BCUT2D eigenvalue weighted by atomic mass is 9.97. The number of thiazole rings is 1. The number of hydrogen-bond donors (Lipinski definition) is 1. The molecule has 1 N–H and O–H groups in total. The summed E-state index contributed by atoms with van der Waals surface area (Å²) in [5.74, 6) is 0.279. The highest BCUT2D eigenvalue weighted by atomic mass is 32.2. The maximum absolute atomic E-state index is 13.4. The molecule has 1 amide bonds. The highest BCUT2D eigenvalue weighted by Gasteiger charge is 2.36. The third-order valence-corrected chi connectivity index (χ3v) is 9.04. The van der Waals surface area contributed by atoms with Crippen LogP contribution in [0.4, 0.5) is 5.13 Å². The maximum atomic E-state index is 13.4. The minimum absolute atomic E-state index is 0.0352. The summed E-state index contributed by atoms with van der Waals surface area (Å²) in [6.45, 7) is 4.04. The summed E-state index contributed by atoms with van der Waals surface area (Å²) in [4.78, 5) is 17.4. The quantitative estimate of drug-likeness (QED) is 0.398. The summed E-state index contributed by atoms with van der Waals surface area (Å²) in [7, 11) is -3.85. The maximum Gasteiger partial charge on any atom is 0.248 e. The normalized spacial score (nSPS) is 15.8. The van der Waals surface area contributed by atoms with Gasteiger partial charge in [0.15, 0.2) is 15.8 Å². The standard InChI is InChI=1S/C24H24N4O5S2/c1-15-5-3-7-20-21(15)25-24(34-20)26-23(29)17-10-12-28(13-11-17)35(30,31)22-16(2)27-33-19(22)9-8-18-6-4-14-32-18/h3-9,14,17H,10-13H2,1-2H3,(H,25,26,29)/b9-8+. The molecule has 1 fully saturated rings. The molecule has 182 valence electrons. The third kappa shape index (κ3) is 4.66. The number of aromatic nitrogens is 2. The minimum Gasteiger partial charge on any atom is -0.465 e. The van der Waals surface area contributed by atoms with E-state index in [9.17, 15) is 13.2 Å².